The Morgan fingerprint density at radius 2 is 1.53 bits per heavy atom. The van der Waals surface area contributed by atoms with Crippen LogP contribution in [-0.4, -0.2) is 21.3 Å². The van der Waals surface area contributed by atoms with Gasteiger partial charge in [-0.1, -0.05) is 23.2 Å². The Morgan fingerprint density at radius 1 is 1.00 bits per heavy atom. The van der Waals surface area contributed by atoms with Crippen molar-refractivity contribution in [1.82, 2.24) is 0 Å². The highest BCUT2D eigenvalue weighted by Crippen LogP contribution is 2.39. The van der Waals surface area contributed by atoms with Crippen molar-refractivity contribution < 1.29 is 14.2 Å². The molecule has 0 aliphatic rings. The lowest BCUT2D eigenvalue weighted by Gasteiger charge is -2.18. The highest BCUT2D eigenvalue weighted by molar-refractivity contribution is 6.34. The zero-order valence-electron chi connectivity index (χ0n) is 8.71. The predicted octanol–water partition coefficient (Wildman–Crippen LogP) is 3.29. The number of rotatable bonds is 4. The molecule has 0 aliphatic carbocycles. The average molecular weight is 251 g/mol. The molecule has 0 bridgehead atoms. The van der Waals surface area contributed by atoms with Crippen LogP contribution in [0.15, 0.2) is 12.1 Å². The van der Waals surface area contributed by atoms with E-state index in [9.17, 15) is 0 Å². The lowest BCUT2D eigenvalue weighted by Crippen LogP contribution is -2.07. The first-order valence-corrected chi connectivity index (χ1v) is 4.98. The van der Waals surface area contributed by atoms with Crippen LogP contribution in [0, 0.1) is 0 Å². The van der Waals surface area contributed by atoms with Crippen molar-refractivity contribution in [3.05, 3.63) is 27.7 Å². The zero-order chi connectivity index (χ0) is 11.4. The molecule has 0 saturated heterocycles. The van der Waals surface area contributed by atoms with Gasteiger partial charge in [-0.25, -0.2) is 0 Å². The summed E-state index contributed by atoms with van der Waals surface area (Å²) in [7, 11) is 4.55. The molecule has 0 unspecified atom stereocenters. The third-order valence-electron chi connectivity index (χ3n) is 1.96. The van der Waals surface area contributed by atoms with Crippen LogP contribution < -0.4 is 4.74 Å². The van der Waals surface area contributed by atoms with Crippen LogP contribution in [0.2, 0.25) is 10.0 Å². The Balaban J connectivity index is 3.29. The van der Waals surface area contributed by atoms with Crippen molar-refractivity contribution in [2.24, 2.45) is 0 Å². The Kier molecular flexibility index (Phi) is 4.67. The number of hydrogen-bond donors (Lipinski definition) is 0. The molecule has 0 atom stereocenters. The smallest absolute Gasteiger partial charge is 0.188 e. The van der Waals surface area contributed by atoms with E-state index in [4.69, 9.17) is 37.4 Å². The van der Waals surface area contributed by atoms with Gasteiger partial charge in [-0.05, 0) is 12.1 Å². The van der Waals surface area contributed by atoms with Crippen molar-refractivity contribution in [2.45, 2.75) is 6.29 Å². The quantitative estimate of drug-likeness (QED) is 0.768. The molecule has 0 spiro atoms. The van der Waals surface area contributed by atoms with Crippen LogP contribution in [0.25, 0.3) is 0 Å². The SMILES string of the molecule is COc1c(Cl)ccc(Cl)c1C(OC)OC. The molecule has 3 nitrogen and oxygen atoms in total. The number of methoxy groups -OCH3 is 3. The minimum atomic E-state index is -0.592. The average Bonchev–Trinajstić information content (AvgIpc) is 2.25. The Bertz CT molecular complexity index is 338. The van der Waals surface area contributed by atoms with Gasteiger partial charge in [-0.3, -0.25) is 0 Å². The van der Waals surface area contributed by atoms with Crippen LogP contribution in [0.5, 0.6) is 5.75 Å². The van der Waals surface area contributed by atoms with Gasteiger partial charge >= 0.3 is 0 Å². The highest BCUT2D eigenvalue weighted by Gasteiger charge is 2.21. The van der Waals surface area contributed by atoms with E-state index in [0.717, 1.165) is 0 Å². The first-order chi connectivity index (χ1) is 7.15. The topological polar surface area (TPSA) is 27.7 Å². The zero-order valence-corrected chi connectivity index (χ0v) is 10.2. The molecule has 1 aromatic carbocycles. The monoisotopic (exact) mass is 250 g/mol. The summed E-state index contributed by atoms with van der Waals surface area (Å²) in [5.41, 5.74) is 0.594. The van der Waals surface area contributed by atoms with E-state index in [-0.39, 0.29) is 0 Å². The molecule has 0 aromatic heterocycles. The Labute approximate surface area is 98.8 Å². The molecule has 1 rings (SSSR count). The second-order valence-corrected chi connectivity index (χ2v) is 3.59. The fourth-order valence-corrected chi connectivity index (χ4v) is 1.79. The second kappa shape index (κ2) is 5.56. The van der Waals surface area contributed by atoms with Gasteiger partial charge in [0, 0.05) is 14.2 Å². The van der Waals surface area contributed by atoms with E-state index in [0.29, 0.717) is 21.4 Å². The molecular formula is C10H12Cl2O3. The minimum Gasteiger partial charge on any atom is -0.495 e. The summed E-state index contributed by atoms with van der Waals surface area (Å²) in [5, 5.41) is 0.959. The van der Waals surface area contributed by atoms with Crippen LogP contribution in [0.3, 0.4) is 0 Å². The van der Waals surface area contributed by atoms with Crippen LogP contribution in [0.1, 0.15) is 11.9 Å². The van der Waals surface area contributed by atoms with Crippen molar-refractivity contribution in [3.63, 3.8) is 0 Å². The third kappa shape index (κ3) is 2.55. The molecule has 0 N–H and O–H groups in total. The molecular weight excluding hydrogens is 239 g/mol. The van der Waals surface area contributed by atoms with Crippen LogP contribution in [-0.2, 0) is 9.47 Å². The maximum atomic E-state index is 6.03. The normalized spacial score (nSPS) is 10.8. The van der Waals surface area contributed by atoms with Crippen molar-refractivity contribution in [3.8, 4) is 5.75 Å². The predicted molar refractivity (Wildman–Crippen MR) is 59.8 cm³/mol. The van der Waals surface area contributed by atoms with Gasteiger partial charge in [0.1, 0.15) is 5.75 Å². The maximum absolute atomic E-state index is 6.03. The van der Waals surface area contributed by atoms with E-state index in [1.165, 1.54) is 21.3 Å². The summed E-state index contributed by atoms with van der Waals surface area (Å²) < 4.78 is 15.4. The molecule has 0 heterocycles. The Morgan fingerprint density at radius 3 is 2.00 bits per heavy atom. The van der Waals surface area contributed by atoms with Gasteiger partial charge in [0.15, 0.2) is 6.29 Å². The summed E-state index contributed by atoms with van der Waals surface area (Å²) in [6.45, 7) is 0. The lowest BCUT2D eigenvalue weighted by atomic mass is 10.2. The van der Waals surface area contributed by atoms with Crippen molar-refractivity contribution in [1.29, 1.82) is 0 Å². The number of ether oxygens (including phenoxy) is 3. The van der Waals surface area contributed by atoms with Crippen LogP contribution >= 0.6 is 23.2 Å². The molecule has 15 heavy (non-hydrogen) atoms. The number of benzene rings is 1. The molecule has 0 aliphatic heterocycles. The summed E-state index contributed by atoms with van der Waals surface area (Å²) >= 11 is 12.0. The van der Waals surface area contributed by atoms with Gasteiger partial charge in [-0.15, -0.1) is 0 Å². The van der Waals surface area contributed by atoms with E-state index in [1.54, 1.807) is 12.1 Å². The van der Waals surface area contributed by atoms with Gasteiger partial charge in [0.2, 0.25) is 0 Å². The molecule has 0 fully saturated rings. The fraction of sp³-hybridized carbons (Fsp3) is 0.400. The second-order valence-electron chi connectivity index (χ2n) is 2.78. The molecule has 0 amide bonds. The third-order valence-corrected chi connectivity index (χ3v) is 2.59. The van der Waals surface area contributed by atoms with Gasteiger partial charge < -0.3 is 14.2 Å². The van der Waals surface area contributed by atoms with Gasteiger partial charge in [0.25, 0.3) is 0 Å². The summed E-state index contributed by atoms with van der Waals surface area (Å²) in [6, 6.07) is 3.33. The summed E-state index contributed by atoms with van der Waals surface area (Å²) in [4.78, 5) is 0. The Hall–Kier alpha value is -0.480. The summed E-state index contributed by atoms with van der Waals surface area (Å²) in [6.07, 6.45) is -0.592. The highest BCUT2D eigenvalue weighted by atomic mass is 35.5. The van der Waals surface area contributed by atoms with Crippen molar-refractivity contribution >= 4 is 23.2 Å². The van der Waals surface area contributed by atoms with Crippen LogP contribution in [0.4, 0.5) is 0 Å². The molecule has 0 saturated carbocycles. The molecule has 84 valence electrons. The first kappa shape index (κ1) is 12.6. The standard InChI is InChI=1S/C10H12Cl2O3/c1-13-9-7(12)5-4-6(11)8(9)10(14-2)15-3/h4-5,10H,1-3H3. The fourth-order valence-electron chi connectivity index (χ4n) is 1.31. The van der Waals surface area contributed by atoms with Gasteiger partial charge in [0.05, 0.1) is 22.7 Å². The number of halogens is 2. The van der Waals surface area contributed by atoms with E-state index in [2.05, 4.69) is 0 Å². The maximum Gasteiger partial charge on any atom is 0.188 e. The van der Waals surface area contributed by atoms with Gasteiger partial charge in [-0.2, -0.15) is 0 Å². The lowest BCUT2D eigenvalue weighted by molar-refractivity contribution is -0.106. The van der Waals surface area contributed by atoms with E-state index in [1.807, 2.05) is 0 Å². The van der Waals surface area contributed by atoms with E-state index >= 15 is 0 Å². The largest absolute Gasteiger partial charge is 0.495 e. The minimum absolute atomic E-state index is 0.469. The molecule has 5 heteroatoms. The van der Waals surface area contributed by atoms with E-state index < -0.39 is 6.29 Å². The van der Waals surface area contributed by atoms with Crippen molar-refractivity contribution in [2.75, 3.05) is 21.3 Å². The molecule has 0 radical (unpaired) electrons. The number of hydrogen-bond acceptors (Lipinski definition) is 3. The summed E-state index contributed by atoms with van der Waals surface area (Å²) in [5.74, 6) is 0.470. The first-order valence-electron chi connectivity index (χ1n) is 4.23. The molecule has 1 aromatic rings.